The summed E-state index contributed by atoms with van der Waals surface area (Å²) in [5, 5.41) is 0. The first-order valence-electron chi connectivity index (χ1n) is 4.86. The first-order chi connectivity index (χ1) is 7.63. The summed E-state index contributed by atoms with van der Waals surface area (Å²) in [6.45, 7) is 5.73. The number of ether oxygens (including phenoxy) is 1. The molecule has 86 valence electrons. The smallest absolute Gasteiger partial charge is 0.334 e. The van der Waals surface area contributed by atoms with E-state index in [9.17, 15) is 9.18 Å². The van der Waals surface area contributed by atoms with Gasteiger partial charge in [-0.05, 0) is 31.2 Å². The molecule has 1 aromatic carbocycles. The van der Waals surface area contributed by atoms with Crippen molar-refractivity contribution in [2.75, 3.05) is 12.4 Å². The van der Waals surface area contributed by atoms with Gasteiger partial charge in [-0.3, -0.25) is 0 Å². The van der Waals surface area contributed by atoms with E-state index in [1.54, 1.807) is 19.1 Å². The fraction of sp³-hybridized carbons (Fsp3) is 0.250. The average molecular weight is 240 g/mol. The number of esters is 1. The number of hydrogen-bond acceptors (Lipinski definition) is 3. The van der Waals surface area contributed by atoms with E-state index >= 15 is 0 Å². The lowest BCUT2D eigenvalue weighted by molar-refractivity contribution is -0.138. The Morgan fingerprint density at radius 1 is 1.44 bits per heavy atom. The summed E-state index contributed by atoms with van der Waals surface area (Å²) in [6, 6.07) is 6.10. The first kappa shape index (κ1) is 12.8. The quantitative estimate of drug-likeness (QED) is 0.449. The predicted molar refractivity (Wildman–Crippen MR) is 62.9 cm³/mol. The molecule has 2 nitrogen and oxygen atoms in total. The lowest BCUT2D eigenvalue weighted by Gasteiger charge is -2.04. The Bertz CT molecular complexity index is 373. The molecule has 0 spiro atoms. The molecule has 4 heteroatoms. The molecule has 0 saturated heterocycles. The van der Waals surface area contributed by atoms with Crippen molar-refractivity contribution >= 4 is 17.7 Å². The highest BCUT2D eigenvalue weighted by Crippen LogP contribution is 2.20. The minimum atomic E-state index is -0.378. The molecule has 0 atom stereocenters. The highest BCUT2D eigenvalue weighted by atomic mass is 32.2. The Morgan fingerprint density at radius 3 is 2.62 bits per heavy atom. The van der Waals surface area contributed by atoms with Crippen LogP contribution in [0, 0.1) is 5.82 Å². The number of benzene rings is 1. The minimum Gasteiger partial charge on any atom is -0.463 e. The summed E-state index contributed by atoms with van der Waals surface area (Å²) in [7, 11) is 0. The molecule has 0 aromatic heterocycles. The Hall–Kier alpha value is -1.29. The van der Waals surface area contributed by atoms with Crippen LogP contribution in [0.2, 0.25) is 0 Å². The van der Waals surface area contributed by atoms with Crippen LogP contribution in [0.5, 0.6) is 0 Å². The number of rotatable bonds is 5. The van der Waals surface area contributed by atoms with Crippen molar-refractivity contribution in [1.29, 1.82) is 0 Å². The maximum Gasteiger partial charge on any atom is 0.334 e. The van der Waals surface area contributed by atoms with E-state index in [1.165, 1.54) is 23.9 Å². The molecule has 0 aliphatic heterocycles. The molecule has 0 aliphatic rings. The van der Waals surface area contributed by atoms with Crippen molar-refractivity contribution < 1.29 is 13.9 Å². The van der Waals surface area contributed by atoms with Gasteiger partial charge >= 0.3 is 5.97 Å². The van der Waals surface area contributed by atoms with Crippen LogP contribution in [-0.2, 0) is 9.53 Å². The highest BCUT2D eigenvalue weighted by molar-refractivity contribution is 7.99. The summed E-state index contributed by atoms with van der Waals surface area (Å²) in [6.07, 6.45) is 0. The van der Waals surface area contributed by atoms with Gasteiger partial charge < -0.3 is 4.74 Å². The zero-order valence-corrected chi connectivity index (χ0v) is 9.85. The van der Waals surface area contributed by atoms with Gasteiger partial charge in [0, 0.05) is 16.2 Å². The number of carbonyl (C=O) groups excluding carboxylic acids is 1. The zero-order chi connectivity index (χ0) is 12.0. The van der Waals surface area contributed by atoms with Gasteiger partial charge in [0.05, 0.1) is 6.61 Å². The molecule has 1 rings (SSSR count). The average Bonchev–Trinajstić information content (AvgIpc) is 2.28. The Balaban J connectivity index is 2.42. The van der Waals surface area contributed by atoms with Gasteiger partial charge in [-0.1, -0.05) is 6.58 Å². The van der Waals surface area contributed by atoms with Crippen molar-refractivity contribution in [2.45, 2.75) is 11.8 Å². The van der Waals surface area contributed by atoms with Crippen molar-refractivity contribution in [1.82, 2.24) is 0 Å². The molecule has 0 radical (unpaired) electrons. The van der Waals surface area contributed by atoms with Gasteiger partial charge in [0.2, 0.25) is 0 Å². The van der Waals surface area contributed by atoms with E-state index in [2.05, 4.69) is 6.58 Å². The number of hydrogen-bond donors (Lipinski definition) is 0. The molecule has 0 unspecified atom stereocenters. The summed E-state index contributed by atoms with van der Waals surface area (Å²) < 4.78 is 17.4. The maximum absolute atomic E-state index is 12.6. The second kappa shape index (κ2) is 6.33. The molecule has 0 heterocycles. The van der Waals surface area contributed by atoms with E-state index in [4.69, 9.17) is 4.74 Å². The van der Waals surface area contributed by atoms with Crippen LogP contribution in [0.15, 0.2) is 41.3 Å². The fourth-order valence-electron chi connectivity index (χ4n) is 0.993. The molecule has 0 bridgehead atoms. The van der Waals surface area contributed by atoms with E-state index in [0.717, 1.165) is 4.90 Å². The van der Waals surface area contributed by atoms with Gasteiger partial charge in [-0.15, -0.1) is 11.8 Å². The third-order valence-electron chi connectivity index (χ3n) is 1.79. The highest BCUT2D eigenvalue weighted by Gasteiger charge is 2.07. The molecule has 0 saturated carbocycles. The van der Waals surface area contributed by atoms with E-state index in [1.807, 2.05) is 0 Å². The van der Waals surface area contributed by atoms with Gasteiger partial charge in [-0.2, -0.15) is 0 Å². The van der Waals surface area contributed by atoms with Crippen molar-refractivity contribution in [3.05, 3.63) is 42.2 Å². The Labute approximate surface area is 98.5 Å². The molecule has 16 heavy (non-hydrogen) atoms. The predicted octanol–water partition coefficient (Wildman–Crippen LogP) is 3.04. The third-order valence-corrected chi connectivity index (χ3v) is 2.89. The van der Waals surface area contributed by atoms with Crippen LogP contribution in [-0.4, -0.2) is 18.3 Å². The SMILES string of the molecule is C=C(CSc1ccc(F)cc1)C(=O)OCC. The normalized spacial score (nSPS) is 9.88. The topological polar surface area (TPSA) is 26.3 Å². The first-order valence-corrected chi connectivity index (χ1v) is 5.85. The third kappa shape index (κ3) is 4.06. The van der Waals surface area contributed by atoms with Crippen molar-refractivity contribution in [2.24, 2.45) is 0 Å². The molecule has 1 aromatic rings. The van der Waals surface area contributed by atoms with Crippen molar-refractivity contribution in [3.63, 3.8) is 0 Å². The van der Waals surface area contributed by atoms with Gasteiger partial charge in [0.15, 0.2) is 0 Å². The summed E-state index contributed by atoms with van der Waals surface area (Å²) >= 11 is 1.42. The van der Waals surface area contributed by atoms with Gasteiger partial charge in [0.25, 0.3) is 0 Å². The fourth-order valence-corrected chi connectivity index (χ4v) is 1.78. The van der Waals surface area contributed by atoms with Crippen LogP contribution < -0.4 is 0 Å². The largest absolute Gasteiger partial charge is 0.463 e. The van der Waals surface area contributed by atoms with Gasteiger partial charge in [0.1, 0.15) is 5.82 Å². The minimum absolute atomic E-state index is 0.270. The number of thioether (sulfide) groups is 1. The zero-order valence-electron chi connectivity index (χ0n) is 9.03. The van der Waals surface area contributed by atoms with E-state index in [-0.39, 0.29) is 11.8 Å². The molecule has 0 fully saturated rings. The lowest BCUT2D eigenvalue weighted by atomic mass is 10.3. The molecule has 0 aliphatic carbocycles. The molecule has 0 amide bonds. The maximum atomic E-state index is 12.6. The summed E-state index contributed by atoms with van der Waals surface area (Å²) in [5.74, 6) is -0.199. The second-order valence-electron chi connectivity index (χ2n) is 3.07. The van der Waals surface area contributed by atoms with Crippen LogP contribution in [0.1, 0.15) is 6.92 Å². The Kier molecular flexibility index (Phi) is 5.05. The second-order valence-corrected chi connectivity index (χ2v) is 4.12. The van der Waals surface area contributed by atoms with Crippen molar-refractivity contribution in [3.8, 4) is 0 Å². The molecular weight excluding hydrogens is 227 g/mol. The van der Waals surface area contributed by atoms with Crippen LogP contribution in [0.4, 0.5) is 4.39 Å². The van der Waals surface area contributed by atoms with E-state index in [0.29, 0.717) is 17.9 Å². The molecule has 0 N–H and O–H groups in total. The summed E-state index contributed by atoms with van der Waals surface area (Å²) in [5.41, 5.74) is 0.413. The summed E-state index contributed by atoms with van der Waals surface area (Å²) in [4.78, 5) is 12.1. The molecular formula is C12H13FO2S. The van der Waals surface area contributed by atoms with Crippen LogP contribution >= 0.6 is 11.8 Å². The lowest BCUT2D eigenvalue weighted by Crippen LogP contribution is -2.08. The monoisotopic (exact) mass is 240 g/mol. The van der Waals surface area contributed by atoms with Crippen LogP contribution in [0.25, 0.3) is 0 Å². The van der Waals surface area contributed by atoms with Gasteiger partial charge in [-0.25, -0.2) is 9.18 Å². The number of carbonyl (C=O) groups is 1. The number of halogens is 1. The Morgan fingerprint density at radius 2 is 2.06 bits per heavy atom. The van der Waals surface area contributed by atoms with Crippen LogP contribution in [0.3, 0.4) is 0 Å². The van der Waals surface area contributed by atoms with E-state index < -0.39 is 0 Å². The standard InChI is InChI=1S/C12H13FO2S/c1-3-15-12(14)9(2)8-16-11-6-4-10(13)5-7-11/h4-7H,2-3,8H2,1H3.